The molecule has 2 aliphatic rings. The van der Waals surface area contributed by atoms with Crippen LogP contribution in [0.15, 0.2) is 24.4 Å². The third kappa shape index (κ3) is 5.28. The van der Waals surface area contributed by atoms with E-state index in [2.05, 4.69) is 10.3 Å². The van der Waals surface area contributed by atoms with E-state index in [9.17, 15) is 19.5 Å². The Morgan fingerprint density at radius 3 is 2.56 bits per heavy atom. The van der Waals surface area contributed by atoms with Crippen molar-refractivity contribution in [2.24, 2.45) is 17.8 Å². The summed E-state index contributed by atoms with van der Waals surface area (Å²) in [5.41, 5.74) is 0.741. The van der Waals surface area contributed by atoms with Gasteiger partial charge in [0, 0.05) is 25.7 Å². The molecular formula is C20H27N3O4. The van der Waals surface area contributed by atoms with Gasteiger partial charge in [0.2, 0.25) is 11.8 Å². The topological polar surface area (TPSA) is 99.6 Å². The summed E-state index contributed by atoms with van der Waals surface area (Å²) < 4.78 is 0. The van der Waals surface area contributed by atoms with Crippen LogP contribution in [0.5, 0.6) is 0 Å². The third-order valence-corrected chi connectivity index (χ3v) is 5.63. The minimum Gasteiger partial charge on any atom is -0.481 e. The van der Waals surface area contributed by atoms with Gasteiger partial charge in [-0.05, 0) is 37.3 Å². The van der Waals surface area contributed by atoms with E-state index >= 15 is 0 Å². The predicted molar refractivity (Wildman–Crippen MR) is 98.5 cm³/mol. The van der Waals surface area contributed by atoms with Gasteiger partial charge >= 0.3 is 5.97 Å². The number of carbonyl (C=O) groups is 3. The number of likely N-dealkylation sites (tertiary alicyclic amines) is 1. The van der Waals surface area contributed by atoms with Crippen LogP contribution < -0.4 is 5.32 Å². The lowest BCUT2D eigenvalue weighted by Gasteiger charge is -2.36. The molecule has 7 nitrogen and oxygen atoms in total. The fourth-order valence-corrected chi connectivity index (χ4v) is 4.09. The predicted octanol–water partition coefficient (Wildman–Crippen LogP) is 1.83. The van der Waals surface area contributed by atoms with Gasteiger partial charge in [-0.15, -0.1) is 0 Å². The van der Waals surface area contributed by atoms with E-state index < -0.39 is 17.8 Å². The van der Waals surface area contributed by atoms with E-state index in [4.69, 9.17) is 0 Å². The van der Waals surface area contributed by atoms with Gasteiger partial charge in [-0.2, -0.15) is 0 Å². The summed E-state index contributed by atoms with van der Waals surface area (Å²) in [5, 5.41) is 12.3. The molecule has 3 rings (SSSR count). The number of carboxylic acid groups (broad SMARTS) is 1. The zero-order chi connectivity index (χ0) is 19.2. The highest BCUT2D eigenvalue weighted by molar-refractivity contribution is 5.83. The van der Waals surface area contributed by atoms with Crippen molar-refractivity contribution in [3.05, 3.63) is 30.1 Å². The van der Waals surface area contributed by atoms with Crippen LogP contribution in [0.1, 0.15) is 44.2 Å². The lowest BCUT2D eigenvalue weighted by Crippen LogP contribution is -2.50. The summed E-state index contributed by atoms with van der Waals surface area (Å²) in [6.07, 6.45) is 6.84. The van der Waals surface area contributed by atoms with Gasteiger partial charge in [0.25, 0.3) is 0 Å². The summed E-state index contributed by atoms with van der Waals surface area (Å²) >= 11 is 0. The molecule has 0 spiro atoms. The van der Waals surface area contributed by atoms with Crippen LogP contribution in [-0.2, 0) is 20.9 Å². The Balaban J connectivity index is 1.60. The molecule has 2 amide bonds. The fraction of sp³-hybridized carbons (Fsp3) is 0.600. The van der Waals surface area contributed by atoms with Gasteiger partial charge in [-0.3, -0.25) is 19.4 Å². The van der Waals surface area contributed by atoms with E-state index in [1.165, 1.54) is 0 Å². The van der Waals surface area contributed by atoms with Crippen LogP contribution in [0.2, 0.25) is 0 Å². The Labute approximate surface area is 159 Å². The number of piperidine rings is 1. The number of amides is 2. The van der Waals surface area contributed by atoms with Crippen molar-refractivity contribution in [1.29, 1.82) is 0 Å². The molecule has 0 aromatic carbocycles. The highest BCUT2D eigenvalue weighted by Crippen LogP contribution is 2.30. The minimum absolute atomic E-state index is 0.0182. The SMILES string of the molecule is O=C(O)[C@H]1C[C@H](C(=O)NCc2ccccn2)CN(C(=O)CC2CCCC2)C1. The Hall–Kier alpha value is -2.44. The summed E-state index contributed by atoms with van der Waals surface area (Å²) in [5.74, 6) is -1.98. The maximum atomic E-state index is 12.7. The molecule has 1 saturated carbocycles. The minimum atomic E-state index is -0.948. The number of pyridine rings is 1. The molecule has 0 radical (unpaired) electrons. The number of aliphatic carboxylic acids is 1. The van der Waals surface area contributed by atoms with Crippen molar-refractivity contribution < 1.29 is 19.5 Å². The van der Waals surface area contributed by atoms with Crippen LogP contribution in [0.4, 0.5) is 0 Å². The van der Waals surface area contributed by atoms with Crippen LogP contribution >= 0.6 is 0 Å². The highest BCUT2D eigenvalue weighted by atomic mass is 16.4. The molecule has 27 heavy (non-hydrogen) atoms. The van der Waals surface area contributed by atoms with Crippen molar-refractivity contribution >= 4 is 17.8 Å². The zero-order valence-electron chi connectivity index (χ0n) is 15.5. The zero-order valence-corrected chi connectivity index (χ0v) is 15.5. The maximum absolute atomic E-state index is 12.7. The first kappa shape index (κ1) is 19.3. The Morgan fingerprint density at radius 2 is 1.89 bits per heavy atom. The van der Waals surface area contributed by atoms with Crippen molar-refractivity contribution in [3.63, 3.8) is 0 Å². The van der Waals surface area contributed by atoms with Gasteiger partial charge in [-0.25, -0.2) is 0 Å². The molecule has 1 aliphatic heterocycles. The van der Waals surface area contributed by atoms with Crippen molar-refractivity contribution in [1.82, 2.24) is 15.2 Å². The number of carboxylic acids is 1. The van der Waals surface area contributed by atoms with E-state index in [1.54, 1.807) is 17.2 Å². The number of carbonyl (C=O) groups excluding carboxylic acids is 2. The van der Waals surface area contributed by atoms with Crippen LogP contribution in [0.25, 0.3) is 0 Å². The van der Waals surface area contributed by atoms with Crippen molar-refractivity contribution in [3.8, 4) is 0 Å². The molecule has 1 aliphatic carbocycles. The first-order chi connectivity index (χ1) is 13.0. The third-order valence-electron chi connectivity index (χ3n) is 5.63. The summed E-state index contributed by atoms with van der Waals surface area (Å²) in [6.45, 7) is 0.790. The van der Waals surface area contributed by atoms with Gasteiger partial charge in [0.1, 0.15) is 0 Å². The largest absolute Gasteiger partial charge is 0.481 e. The second-order valence-electron chi connectivity index (χ2n) is 7.66. The van der Waals surface area contributed by atoms with Crippen molar-refractivity contribution in [2.45, 2.75) is 45.1 Å². The number of nitrogens with one attached hydrogen (secondary N) is 1. The number of aromatic nitrogens is 1. The fourth-order valence-electron chi connectivity index (χ4n) is 4.09. The standard InChI is InChI=1S/C20H27N3O4/c24-18(9-14-5-1-2-6-14)23-12-15(10-16(13-23)20(26)27)19(25)22-11-17-7-3-4-8-21-17/h3-4,7-8,14-16H,1-2,5-6,9-13H2,(H,22,25)(H,26,27)/t15-,16-/m0/s1. The van der Waals surface area contributed by atoms with Gasteiger partial charge in [0.05, 0.1) is 24.1 Å². The molecule has 2 heterocycles. The van der Waals surface area contributed by atoms with Gasteiger partial charge in [0.15, 0.2) is 0 Å². The maximum Gasteiger partial charge on any atom is 0.308 e. The molecule has 146 valence electrons. The van der Waals surface area contributed by atoms with E-state index in [0.29, 0.717) is 25.4 Å². The number of rotatable bonds is 6. The molecule has 2 N–H and O–H groups in total. The Bertz CT molecular complexity index is 673. The smallest absolute Gasteiger partial charge is 0.308 e. The molecule has 2 atom stereocenters. The summed E-state index contributed by atoms with van der Waals surface area (Å²) in [7, 11) is 0. The molecule has 1 saturated heterocycles. The normalized spacial score (nSPS) is 23.2. The summed E-state index contributed by atoms with van der Waals surface area (Å²) in [6, 6.07) is 5.47. The molecule has 1 aromatic rings. The Kier molecular flexibility index (Phi) is 6.42. The van der Waals surface area contributed by atoms with E-state index in [-0.39, 0.29) is 24.8 Å². The average Bonchev–Trinajstić information content (AvgIpc) is 3.19. The molecular weight excluding hydrogens is 346 g/mol. The van der Waals surface area contributed by atoms with E-state index in [0.717, 1.165) is 31.4 Å². The molecule has 1 aromatic heterocycles. The first-order valence-corrected chi connectivity index (χ1v) is 9.71. The quantitative estimate of drug-likeness (QED) is 0.792. The van der Waals surface area contributed by atoms with E-state index in [1.807, 2.05) is 12.1 Å². The molecule has 2 fully saturated rings. The number of nitrogens with zero attached hydrogens (tertiary/aromatic N) is 2. The van der Waals surface area contributed by atoms with Crippen LogP contribution in [-0.4, -0.2) is 45.9 Å². The Morgan fingerprint density at radius 1 is 1.15 bits per heavy atom. The summed E-state index contributed by atoms with van der Waals surface area (Å²) in [4.78, 5) is 42.5. The monoisotopic (exact) mass is 373 g/mol. The lowest BCUT2D eigenvalue weighted by atomic mass is 9.88. The lowest BCUT2D eigenvalue weighted by molar-refractivity contribution is -0.148. The second-order valence-corrected chi connectivity index (χ2v) is 7.66. The van der Waals surface area contributed by atoms with Gasteiger partial charge < -0.3 is 15.3 Å². The van der Waals surface area contributed by atoms with Crippen LogP contribution in [0.3, 0.4) is 0 Å². The van der Waals surface area contributed by atoms with Crippen LogP contribution in [0, 0.1) is 17.8 Å². The number of hydrogen-bond acceptors (Lipinski definition) is 4. The van der Waals surface area contributed by atoms with Crippen molar-refractivity contribution in [2.75, 3.05) is 13.1 Å². The average molecular weight is 373 g/mol. The molecule has 0 unspecified atom stereocenters. The second kappa shape index (κ2) is 8.97. The van der Waals surface area contributed by atoms with Gasteiger partial charge in [-0.1, -0.05) is 18.9 Å². The molecule has 7 heteroatoms. The molecule has 0 bridgehead atoms. The first-order valence-electron chi connectivity index (χ1n) is 9.71. The highest BCUT2D eigenvalue weighted by Gasteiger charge is 2.37. The number of hydrogen-bond donors (Lipinski definition) is 2.